The minimum atomic E-state index is -0.135. The smallest absolute Gasteiger partial charge is 0.250 e. The van der Waals surface area contributed by atoms with Crippen molar-refractivity contribution in [3.63, 3.8) is 0 Å². The van der Waals surface area contributed by atoms with Crippen LogP contribution < -0.4 is 15.5 Å². The van der Waals surface area contributed by atoms with Crippen molar-refractivity contribution >= 4 is 17.5 Å². The van der Waals surface area contributed by atoms with Gasteiger partial charge in [0.25, 0.3) is 5.91 Å². The van der Waals surface area contributed by atoms with Crippen LogP contribution in [0.4, 0.5) is 5.69 Å². The molecule has 2 N–H and O–H groups in total. The van der Waals surface area contributed by atoms with Crippen LogP contribution in [-0.4, -0.2) is 61.1 Å². The summed E-state index contributed by atoms with van der Waals surface area (Å²) in [4.78, 5) is 27.8. The van der Waals surface area contributed by atoms with Gasteiger partial charge in [0, 0.05) is 45.0 Å². The minimum Gasteiger partial charge on any atom is -0.313 e. The molecule has 2 aromatic rings. The summed E-state index contributed by atoms with van der Waals surface area (Å²) in [6.07, 6.45) is 0.747. The number of hydrazine groups is 1. The average Bonchev–Trinajstić information content (AvgIpc) is 3.29. The molecule has 2 amide bonds. The zero-order valence-electron chi connectivity index (χ0n) is 21.2. The van der Waals surface area contributed by atoms with Crippen LogP contribution in [0, 0.1) is 11.3 Å². The first kappa shape index (κ1) is 26.4. The van der Waals surface area contributed by atoms with E-state index in [-0.39, 0.29) is 24.9 Å². The van der Waals surface area contributed by atoms with E-state index in [0.717, 1.165) is 17.7 Å². The number of amides is 2. The molecule has 0 radical (unpaired) electrons. The van der Waals surface area contributed by atoms with E-state index in [2.05, 4.69) is 42.7 Å². The number of anilines is 1. The highest BCUT2D eigenvalue weighted by Crippen LogP contribution is 2.24. The second kappa shape index (κ2) is 12.5. The van der Waals surface area contributed by atoms with Gasteiger partial charge in [0.05, 0.1) is 24.7 Å². The summed E-state index contributed by atoms with van der Waals surface area (Å²) in [5.41, 5.74) is 4.73. The van der Waals surface area contributed by atoms with Gasteiger partial charge in [0.2, 0.25) is 5.91 Å². The summed E-state index contributed by atoms with van der Waals surface area (Å²) >= 11 is 0. The summed E-state index contributed by atoms with van der Waals surface area (Å²) < 4.78 is 0. The first-order valence-corrected chi connectivity index (χ1v) is 12.2. The fraction of sp³-hybridized carbons (Fsp3) is 0.444. The topological polar surface area (TPSA) is 91.7 Å². The number of hydrogen-bond donors (Lipinski definition) is 2. The zero-order chi connectivity index (χ0) is 25.4. The Morgan fingerprint density at radius 1 is 1.09 bits per heavy atom. The lowest BCUT2D eigenvalue weighted by Crippen LogP contribution is -2.47. The number of aryl methyl sites for hydroxylation is 1. The van der Waals surface area contributed by atoms with Crippen LogP contribution in [0.2, 0.25) is 0 Å². The third-order valence-electron chi connectivity index (χ3n) is 6.24. The molecule has 0 bridgehead atoms. The van der Waals surface area contributed by atoms with Crippen LogP contribution in [0.3, 0.4) is 0 Å². The van der Waals surface area contributed by atoms with E-state index >= 15 is 0 Å². The van der Waals surface area contributed by atoms with Crippen molar-refractivity contribution in [3.05, 3.63) is 64.7 Å². The Kier molecular flexibility index (Phi) is 9.38. The lowest BCUT2D eigenvalue weighted by Gasteiger charge is -2.28. The maximum atomic E-state index is 13.3. The van der Waals surface area contributed by atoms with Crippen molar-refractivity contribution in [2.45, 2.75) is 46.3 Å². The number of nitriles is 1. The van der Waals surface area contributed by atoms with Crippen molar-refractivity contribution in [3.8, 4) is 6.07 Å². The Morgan fingerprint density at radius 2 is 1.74 bits per heavy atom. The lowest BCUT2D eigenvalue weighted by molar-refractivity contribution is -0.145. The normalized spacial score (nSPS) is 12.9. The van der Waals surface area contributed by atoms with E-state index in [9.17, 15) is 14.9 Å². The highest BCUT2D eigenvalue weighted by atomic mass is 16.2. The van der Waals surface area contributed by atoms with Gasteiger partial charge in [-0.05, 0) is 35.2 Å². The van der Waals surface area contributed by atoms with Crippen LogP contribution in [0.25, 0.3) is 0 Å². The Labute approximate surface area is 208 Å². The number of fused-ring (bicyclic) bond motifs is 1. The average molecular weight is 477 g/mol. The third-order valence-corrected chi connectivity index (χ3v) is 6.24. The molecule has 0 saturated heterocycles. The van der Waals surface area contributed by atoms with Crippen LogP contribution in [-0.2, 0) is 29.1 Å². The van der Waals surface area contributed by atoms with Gasteiger partial charge in [-0.15, -0.1) is 0 Å². The van der Waals surface area contributed by atoms with Gasteiger partial charge in [-0.3, -0.25) is 19.9 Å². The number of nitrogens with one attached hydrogen (secondary N) is 2. The molecule has 186 valence electrons. The largest absolute Gasteiger partial charge is 0.313 e. The van der Waals surface area contributed by atoms with Gasteiger partial charge in [-0.25, -0.2) is 5.01 Å². The molecule has 2 aromatic carbocycles. The van der Waals surface area contributed by atoms with Gasteiger partial charge < -0.3 is 10.2 Å². The van der Waals surface area contributed by atoms with Crippen molar-refractivity contribution in [2.24, 2.45) is 0 Å². The minimum absolute atomic E-state index is 0.0292. The number of nitrogens with zero attached hydrogens (tertiary/aromatic N) is 4. The van der Waals surface area contributed by atoms with Gasteiger partial charge in [-0.1, -0.05) is 51.1 Å². The highest BCUT2D eigenvalue weighted by molar-refractivity contribution is 5.96. The molecule has 0 spiro atoms. The number of benzene rings is 2. The monoisotopic (exact) mass is 476 g/mol. The molecule has 0 aliphatic carbocycles. The molecule has 0 unspecified atom stereocenters. The molecule has 8 nitrogen and oxygen atoms in total. The molecule has 35 heavy (non-hydrogen) atoms. The molecule has 0 atom stereocenters. The fourth-order valence-corrected chi connectivity index (χ4v) is 4.20. The molecule has 0 saturated carbocycles. The maximum Gasteiger partial charge on any atom is 0.250 e. The maximum absolute atomic E-state index is 13.3. The Morgan fingerprint density at radius 3 is 2.34 bits per heavy atom. The van der Waals surface area contributed by atoms with Crippen molar-refractivity contribution < 1.29 is 9.59 Å². The van der Waals surface area contributed by atoms with Crippen molar-refractivity contribution in [2.75, 3.05) is 38.1 Å². The van der Waals surface area contributed by atoms with E-state index in [1.807, 2.05) is 30.1 Å². The molecule has 0 aromatic heterocycles. The van der Waals surface area contributed by atoms with E-state index in [1.54, 1.807) is 29.1 Å². The molecule has 0 fully saturated rings. The predicted molar refractivity (Wildman–Crippen MR) is 137 cm³/mol. The number of hydrogen-bond acceptors (Lipinski definition) is 6. The molecule has 3 rings (SSSR count). The van der Waals surface area contributed by atoms with Crippen LogP contribution in [0.15, 0.2) is 42.5 Å². The van der Waals surface area contributed by atoms with Crippen molar-refractivity contribution in [1.82, 2.24) is 20.7 Å². The Balaban J connectivity index is 1.61. The highest BCUT2D eigenvalue weighted by Gasteiger charge is 2.25. The van der Waals surface area contributed by atoms with E-state index in [0.29, 0.717) is 37.8 Å². The summed E-state index contributed by atoms with van der Waals surface area (Å²) in [5.74, 6) is -0.233. The molecular formula is C27H36N6O2. The van der Waals surface area contributed by atoms with E-state index in [4.69, 9.17) is 0 Å². The molecule has 8 heteroatoms. The number of carbonyl (C=O) groups is 2. The van der Waals surface area contributed by atoms with Gasteiger partial charge in [0.1, 0.15) is 0 Å². The van der Waals surface area contributed by atoms with Gasteiger partial charge >= 0.3 is 0 Å². The van der Waals surface area contributed by atoms with Crippen LogP contribution >= 0.6 is 0 Å². The lowest BCUT2D eigenvalue weighted by atomic mass is 10.1. The Hall–Kier alpha value is -3.25. The number of rotatable bonds is 11. The molecule has 1 heterocycles. The first-order chi connectivity index (χ1) is 16.8. The second-order valence-electron chi connectivity index (χ2n) is 9.08. The van der Waals surface area contributed by atoms with Crippen molar-refractivity contribution in [1.29, 1.82) is 5.26 Å². The van der Waals surface area contributed by atoms with Crippen LogP contribution in [0.1, 0.15) is 43.0 Å². The number of likely N-dealkylation sites (N-methyl/N-ethyl adjacent to an activating group) is 1. The predicted octanol–water partition coefficient (Wildman–Crippen LogP) is 2.43. The zero-order valence-corrected chi connectivity index (χ0v) is 21.2. The second-order valence-corrected chi connectivity index (χ2v) is 9.08. The Bertz CT molecular complexity index is 1050. The summed E-state index contributed by atoms with van der Waals surface area (Å²) in [6.45, 7) is 8.73. The molecule has 1 aliphatic heterocycles. The number of carbonyl (C=O) groups excluding carboxylic acids is 2. The SMILES string of the molecule is CCc1ccc(C#N)cc1N(CCNC(C)C)C(=O)CNCC(=O)N(C)N1Cc2ccccc2C1. The van der Waals surface area contributed by atoms with E-state index in [1.165, 1.54) is 11.1 Å². The van der Waals surface area contributed by atoms with Gasteiger partial charge in [-0.2, -0.15) is 5.26 Å². The summed E-state index contributed by atoms with van der Waals surface area (Å²) in [6, 6.07) is 16.1. The quantitative estimate of drug-likeness (QED) is 0.518. The first-order valence-electron chi connectivity index (χ1n) is 12.2. The third kappa shape index (κ3) is 6.89. The summed E-state index contributed by atoms with van der Waals surface area (Å²) in [5, 5.41) is 19.4. The summed E-state index contributed by atoms with van der Waals surface area (Å²) in [7, 11) is 1.77. The standard InChI is InChI=1S/C27H36N6O2/c1-5-22-11-10-21(15-28)14-25(22)33(13-12-30-20(2)3)27(35)17-29-16-26(34)31(4)32-18-23-8-6-7-9-24(23)19-32/h6-11,14,20,29-30H,5,12-13,16-19H2,1-4H3. The van der Waals surface area contributed by atoms with Crippen LogP contribution in [0.5, 0.6) is 0 Å². The van der Waals surface area contributed by atoms with E-state index < -0.39 is 0 Å². The fourth-order valence-electron chi connectivity index (χ4n) is 4.20. The molecular weight excluding hydrogens is 440 g/mol. The van der Waals surface area contributed by atoms with Gasteiger partial charge in [0.15, 0.2) is 0 Å². The molecule has 1 aliphatic rings.